The van der Waals surface area contributed by atoms with Crippen LogP contribution in [0.4, 0.5) is 5.82 Å². The van der Waals surface area contributed by atoms with Gasteiger partial charge in [0.1, 0.15) is 5.82 Å². The molecule has 0 aromatic carbocycles. The maximum Gasteiger partial charge on any atom is 0.145 e. The van der Waals surface area contributed by atoms with Gasteiger partial charge in [-0.25, -0.2) is 0 Å². The van der Waals surface area contributed by atoms with Crippen molar-refractivity contribution in [3.8, 4) is 0 Å². The number of anilines is 1. The lowest BCUT2D eigenvalue weighted by atomic mass is 9.76. The molecule has 1 heterocycles. The number of H-pyrrole nitrogens is 1. The summed E-state index contributed by atoms with van der Waals surface area (Å²) in [6.45, 7) is 4.67. The largest absolute Gasteiger partial charge is 0.382 e. The van der Waals surface area contributed by atoms with Gasteiger partial charge in [-0.05, 0) is 37.5 Å². The first-order valence-electron chi connectivity index (χ1n) is 5.97. The predicted octanol–water partition coefficient (Wildman–Crippen LogP) is 2.92. The third kappa shape index (κ3) is 2.33. The van der Waals surface area contributed by atoms with E-state index in [2.05, 4.69) is 24.0 Å². The highest BCUT2D eigenvalue weighted by Gasteiger charge is 2.25. The van der Waals surface area contributed by atoms with Gasteiger partial charge in [0.05, 0.1) is 0 Å². The van der Waals surface area contributed by atoms with Crippen LogP contribution < -0.4 is 5.73 Å². The second-order valence-corrected chi connectivity index (χ2v) is 5.10. The second-order valence-electron chi connectivity index (χ2n) is 5.10. The van der Waals surface area contributed by atoms with Gasteiger partial charge in [0, 0.05) is 17.7 Å². The lowest BCUT2D eigenvalue weighted by Gasteiger charge is -2.30. The Morgan fingerprint density at radius 2 is 2.00 bits per heavy atom. The Labute approximate surface area is 91.4 Å². The molecule has 1 aromatic rings. The average Bonchev–Trinajstić information content (AvgIpc) is 2.65. The summed E-state index contributed by atoms with van der Waals surface area (Å²) in [5, 5.41) is 7.04. The van der Waals surface area contributed by atoms with Gasteiger partial charge in [-0.1, -0.05) is 13.8 Å². The summed E-state index contributed by atoms with van der Waals surface area (Å²) >= 11 is 0. The van der Waals surface area contributed by atoms with Crippen molar-refractivity contribution in [3.05, 3.63) is 11.8 Å². The van der Waals surface area contributed by atoms with Gasteiger partial charge >= 0.3 is 0 Å². The van der Waals surface area contributed by atoms with Crippen molar-refractivity contribution >= 4 is 5.82 Å². The van der Waals surface area contributed by atoms with Crippen LogP contribution in [0.25, 0.3) is 0 Å². The molecule has 0 spiro atoms. The number of hydrogen-bond acceptors (Lipinski definition) is 2. The van der Waals surface area contributed by atoms with Crippen LogP contribution in [0, 0.1) is 11.8 Å². The Hall–Kier alpha value is -0.990. The van der Waals surface area contributed by atoms with E-state index in [4.69, 9.17) is 5.73 Å². The van der Waals surface area contributed by atoms with Crippen LogP contribution in [-0.4, -0.2) is 10.2 Å². The molecule has 1 aliphatic rings. The minimum Gasteiger partial charge on any atom is -0.382 e. The van der Waals surface area contributed by atoms with E-state index in [1.807, 2.05) is 6.07 Å². The molecule has 1 saturated carbocycles. The number of nitrogens with zero attached hydrogens (tertiary/aromatic N) is 1. The van der Waals surface area contributed by atoms with Crippen molar-refractivity contribution < 1.29 is 0 Å². The molecule has 0 aliphatic heterocycles. The van der Waals surface area contributed by atoms with E-state index in [0.717, 1.165) is 11.8 Å². The zero-order chi connectivity index (χ0) is 10.8. The fourth-order valence-electron chi connectivity index (χ4n) is 2.66. The van der Waals surface area contributed by atoms with E-state index in [0.29, 0.717) is 11.7 Å². The van der Waals surface area contributed by atoms with Gasteiger partial charge in [-0.15, -0.1) is 0 Å². The lowest BCUT2D eigenvalue weighted by Crippen LogP contribution is -2.17. The summed E-state index contributed by atoms with van der Waals surface area (Å²) in [5.74, 6) is 3.03. The van der Waals surface area contributed by atoms with Crippen molar-refractivity contribution in [1.29, 1.82) is 0 Å². The molecule has 3 N–H and O–H groups in total. The summed E-state index contributed by atoms with van der Waals surface area (Å²) in [5.41, 5.74) is 6.85. The summed E-state index contributed by atoms with van der Waals surface area (Å²) in [7, 11) is 0. The fraction of sp³-hybridized carbons (Fsp3) is 0.750. The van der Waals surface area contributed by atoms with Crippen LogP contribution in [0.2, 0.25) is 0 Å². The number of nitrogens with one attached hydrogen (secondary N) is 1. The first-order chi connectivity index (χ1) is 7.16. The molecule has 0 bridgehead atoms. The summed E-state index contributed by atoms with van der Waals surface area (Å²) in [6, 6.07) is 1.99. The minimum absolute atomic E-state index is 0.621. The monoisotopic (exact) mass is 207 g/mol. The van der Waals surface area contributed by atoms with Crippen molar-refractivity contribution in [2.24, 2.45) is 11.8 Å². The van der Waals surface area contributed by atoms with Gasteiger partial charge in [0.15, 0.2) is 0 Å². The average molecular weight is 207 g/mol. The third-order valence-electron chi connectivity index (χ3n) is 3.77. The molecule has 0 atom stereocenters. The number of rotatable bonds is 2. The van der Waals surface area contributed by atoms with Gasteiger partial charge in [-0.3, -0.25) is 5.10 Å². The Kier molecular flexibility index (Phi) is 2.98. The second kappa shape index (κ2) is 4.25. The number of hydrogen-bond donors (Lipinski definition) is 2. The number of nitrogens with two attached hydrogens (primary N) is 1. The molecular weight excluding hydrogens is 186 g/mol. The molecular formula is C12H21N3. The number of aromatic amines is 1. The van der Waals surface area contributed by atoms with Gasteiger partial charge in [-0.2, -0.15) is 5.10 Å². The topological polar surface area (TPSA) is 54.7 Å². The molecule has 0 unspecified atom stereocenters. The van der Waals surface area contributed by atoms with E-state index in [-0.39, 0.29) is 0 Å². The molecule has 0 saturated heterocycles. The van der Waals surface area contributed by atoms with Crippen molar-refractivity contribution in [3.63, 3.8) is 0 Å². The van der Waals surface area contributed by atoms with Gasteiger partial charge < -0.3 is 5.73 Å². The molecule has 0 amide bonds. The fourth-order valence-corrected chi connectivity index (χ4v) is 2.66. The minimum atomic E-state index is 0.621. The molecule has 3 nitrogen and oxygen atoms in total. The predicted molar refractivity (Wildman–Crippen MR) is 62.5 cm³/mol. The van der Waals surface area contributed by atoms with Crippen molar-refractivity contribution in [2.45, 2.75) is 45.4 Å². The van der Waals surface area contributed by atoms with E-state index in [9.17, 15) is 0 Å². The maximum atomic E-state index is 5.62. The maximum absolute atomic E-state index is 5.62. The number of aromatic nitrogens is 2. The van der Waals surface area contributed by atoms with Crippen molar-refractivity contribution in [2.75, 3.05) is 5.73 Å². The third-order valence-corrected chi connectivity index (χ3v) is 3.77. The molecule has 1 aromatic heterocycles. The first kappa shape index (κ1) is 10.5. The van der Waals surface area contributed by atoms with Crippen LogP contribution >= 0.6 is 0 Å². The lowest BCUT2D eigenvalue weighted by molar-refractivity contribution is 0.257. The molecule has 0 radical (unpaired) electrons. The van der Waals surface area contributed by atoms with E-state index >= 15 is 0 Å². The van der Waals surface area contributed by atoms with Crippen LogP contribution in [0.3, 0.4) is 0 Å². The summed E-state index contributed by atoms with van der Waals surface area (Å²) in [4.78, 5) is 0. The van der Waals surface area contributed by atoms with E-state index < -0.39 is 0 Å². The molecule has 84 valence electrons. The normalized spacial score (nSPS) is 27.1. The highest BCUT2D eigenvalue weighted by Crippen LogP contribution is 2.38. The zero-order valence-electron chi connectivity index (χ0n) is 9.66. The van der Waals surface area contributed by atoms with Gasteiger partial charge in [0.25, 0.3) is 0 Å². The van der Waals surface area contributed by atoms with E-state index in [1.54, 1.807) is 0 Å². The highest BCUT2D eigenvalue weighted by molar-refractivity contribution is 5.30. The quantitative estimate of drug-likeness (QED) is 0.783. The van der Waals surface area contributed by atoms with Crippen LogP contribution in [0.1, 0.15) is 51.1 Å². The van der Waals surface area contributed by atoms with Crippen LogP contribution in [-0.2, 0) is 0 Å². The summed E-state index contributed by atoms with van der Waals surface area (Å²) < 4.78 is 0. The Balaban J connectivity index is 1.93. The zero-order valence-corrected chi connectivity index (χ0v) is 9.66. The number of nitrogen functional groups attached to an aromatic ring is 1. The highest BCUT2D eigenvalue weighted by atomic mass is 15.2. The van der Waals surface area contributed by atoms with Crippen LogP contribution in [0.15, 0.2) is 6.07 Å². The standard InChI is InChI=1S/C12H21N3/c1-8(2)9-3-5-10(6-4-9)11-7-12(13)15-14-11/h7-10H,3-6H2,1-2H3,(H3,13,14,15). The molecule has 1 aliphatic carbocycles. The molecule has 1 fully saturated rings. The smallest absolute Gasteiger partial charge is 0.145 e. The van der Waals surface area contributed by atoms with Crippen molar-refractivity contribution in [1.82, 2.24) is 10.2 Å². The molecule has 2 rings (SSSR count). The molecule has 3 heteroatoms. The van der Waals surface area contributed by atoms with Gasteiger partial charge in [0.2, 0.25) is 0 Å². The Morgan fingerprint density at radius 1 is 1.33 bits per heavy atom. The van der Waals surface area contributed by atoms with E-state index in [1.165, 1.54) is 31.4 Å². The molecule has 15 heavy (non-hydrogen) atoms. The van der Waals surface area contributed by atoms with Crippen LogP contribution in [0.5, 0.6) is 0 Å². The first-order valence-corrected chi connectivity index (χ1v) is 5.97. The SMILES string of the molecule is CC(C)C1CCC(c2cc(N)n[nH]2)CC1. The summed E-state index contributed by atoms with van der Waals surface area (Å²) in [6.07, 6.45) is 5.26. The Bertz CT molecular complexity index is 308. The Morgan fingerprint density at radius 3 is 2.47 bits per heavy atom.